The highest BCUT2D eigenvalue weighted by Gasteiger charge is 2.21. The molecule has 2 N–H and O–H groups in total. The molecule has 0 aliphatic rings. The maximum Gasteiger partial charge on any atom is 0.319 e. The van der Waals surface area contributed by atoms with Gasteiger partial charge in [-0.05, 0) is 35.9 Å². The summed E-state index contributed by atoms with van der Waals surface area (Å²) in [5.41, 5.74) is 1.77. The lowest BCUT2D eigenvalue weighted by molar-refractivity contribution is 0.251. The average Bonchev–Trinajstić information content (AvgIpc) is 3.21. The Morgan fingerprint density at radius 1 is 1.19 bits per heavy atom. The summed E-state index contributed by atoms with van der Waals surface area (Å²) in [6, 6.07) is 10.7. The van der Waals surface area contributed by atoms with Crippen LogP contribution in [0.5, 0.6) is 0 Å². The third-order valence-electron chi connectivity index (χ3n) is 3.82. The highest BCUT2D eigenvalue weighted by Crippen LogP contribution is 2.23. The van der Waals surface area contributed by atoms with E-state index in [0.29, 0.717) is 17.9 Å². The lowest BCUT2D eigenvalue weighted by atomic mass is 10.3. The van der Waals surface area contributed by atoms with Crippen LogP contribution in [0.3, 0.4) is 0 Å². The Morgan fingerprint density at radius 3 is 2.59 bits per heavy atom. The first-order chi connectivity index (χ1) is 13.0. The molecule has 0 aliphatic heterocycles. The van der Waals surface area contributed by atoms with Crippen LogP contribution in [0.4, 0.5) is 16.2 Å². The molecule has 0 bridgehead atoms. The van der Waals surface area contributed by atoms with Gasteiger partial charge in [0, 0.05) is 37.7 Å². The van der Waals surface area contributed by atoms with Gasteiger partial charge < -0.3 is 15.1 Å². The standard InChI is InChI=1S/C18H18N4O4S/c1-22(16-8-10-26-13-16)27(24,25)17-6-4-15(5-7-17)21-18(23)20-12-14-3-2-9-19-11-14/h2-11,13H,12H2,1H3,(H2,20,21,23). The summed E-state index contributed by atoms with van der Waals surface area (Å²) >= 11 is 0. The number of urea groups is 1. The van der Waals surface area contributed by atoms with Gasteiger partial charge in [0.25, 0.3) is 10.0 Å². The van der Waals surface area contributed by atoms with E-state index >= 15 is 0 Å². The summed E-state index contributed by atoms with van der Waals surface area (Å²) in [6.45, 7) is 0.335. The SMILES string of the molecule is CN(c1ccoc1)S(=O)(=O)c1ccc(NC(=O)NCc2cccnc2)cc1. The average molecular weight is 386 g/mol. The molecule has 0 saturated carbocycles. The molecule has 2 aromatic heterocycles. The maximum absolute atomic E-state index is 12.6. The summed E-state index contributed by atoms with van der Waals surface area (Å²) in [5.74, 6) is 0. The van der Waals surface area contributed by atoms with E-state index in [2.05, 4.69) is 15.6 Å². The molecule has 0 atom stereocenters. The van der Waals surface area contributed by atoms with E-state index in [9.17, 15) is 13.2 Å². The summed E-state index contributed by atoms with van der Waals surface area (Å²) in [6.07, 6.45) is 6.07. The normalized spacial score (nSPS) is 11.0. The Kier molecular flexibility index (Phi) is 5.41. The lowest BCUT2D eigenvalue weighted by Gasteiger charge is -2.17. The van der Waals surface area contributed by atoms with E-state index in [1.54, 1.807) is 24.5 Å². The van der Waals surface area contributed by atoms with E-state index in [0.717, 1.165) is 9.87 Å². The fourth-order valence-electron chi connectivity index (χ4n) is 2.30. The molecule has 2 heterocycles. The van der Waals surface area contributed by atoms with Crippen molar-refractivity contribution >= 4 is 27.4 Å². The quantitative estimate of drug-likeness (QED) is 0.678. The van der Waals surface area contributed by atoms with Crippen LogP contribution in [0.25, 0.3) is 0 Å². The molecule has 0 saturated heterocycles. The number of carbonyl (C=O) groups is 1. The van der Waals surface area contributed by atoms with Gasteiger partial charge in [-0.2, -0.15) is 0 Å². The Balaban J connectivity index is 1.62. The van der Waals surface area contributed by atoms with Crippen molar-refractivity contribution in [2.24, 2.45) is 0 Å². The van der Waals surface area contributed by atoms with Crippen LogP contribution in [-0.2, 0) is 16.6 Å². The molecule has 3 aromatic rings. The molecular weight excluding hydrogens is 368 g/mol. The minimum Gasteiger partial charge on any atom is -0.470 e. The van der Waals surface area contributed by atoms with Crippen LogP contribution in [0.1, 0.15) is 5.56 Å². The second kappa shape index (κ2) is 7.92. The summed E-state index contributed by atoms with van der Waals surface area (Å²) < 4.78 is 31.2. The van der Waals surface area contributed by atoms with Gasteiger partial charge in [0.2, 0.25) is 0 Å². The zero-order valence-corrected chi connectivity index (χ0v) is 15.3. The van der Waals surface area contributed by atoms with E-state index in [1.165, 1.54) is 43.8 Å². The Bertz CT molecular complexity index is 988. The second-order valence-electron chi connectivity index (χ2n) is 5.65. The summed E-state index contributed by atoms with van der Waals surface area (Å²) in [5, 5.41) is 5.36. The van der Waals surface area contributed by atoms with Gasteiger partial charge in [-0.15, -0.1) is 0 Å². The number of benzene rings is 1. The molecule has 0 unspecified atom stereocenters. The van der Waals surface area contributed by atoms with Gasteiger partial charge in [-0.1, -0.05) is 6.07 Å². The second-order valence-corrected chi connectivity index (χ2v) is 7.62. The highest BCUT2D eigenvalue weighted by molar-refractivity contribution is 7.92. The molecule has 1 aromatic carbocycles. The first-order valence-electron chi connectivity index (χ1n) is 8.02. The number of amides is 2. The van der Waals surface area contributed by atoms with Crippen LogP contribution in [-0.4, -0.2) is 26.5 Å². The Hall–Kier alpha value is -3.33. The molecule has 27 heavy (non-hydrogen) atoms. The first-order valence-corrected chi connectivity index (χ1v) is 9.46. The predicted octanol–water partition coefficient (Wildman–Crippen LogP) is 2.82. The molecule has 3 rings (SSSR count). The molecule has 0 aliphatic carbocycles. The van der Waals surface area contributed by atoms with Crippen molar-refractivity contribution in [2.75, 3.05) is 16.7 Å². The summed E-state index contributed by atoms with van der Waals surface area (Å²) in [4.78, 5) is 16.0. The number of anilines is 2. The van der Waals surface area contributed by atoms with Crippen LogP contribution in [0.15, 0.2) is 76.7 Å². The molecule has 8 nitrogen and oxygen atoms in total. The number of nitrogens with zero attached hydrogens (tertiary/aromatic N) is 2. The molecule has 2 amide bonds. The molecule has 0 spiro atoms. The Morgan fingerprint density at radius 2 is 1.96 bits per heavy atom. The minimum absolute atomic E-state index is 0.104. The van der Waals surface area contributed by atoms with Crippen molar-refractivity contribution in [3.8, 4) is 0 Å². The van der Waals surface area contributed by atoms with Gasteiger partial charge in [0.05, 0.1) is 16.8 Å². The van der Waals surface area contributed by atoms with Crippen molar-refractivity contribution in [1.29, 1.82) is 0 Å². The Labute approximate surface area is 156 Å². The van der Waals surface area contributed by atoms with Gasteiger partial charge in [-0.3, -0.25) is 9.29 Å². The molecule has 9 heteroatoms. The zero-order chi connectivity index (χ0) is 19.3. The van der Waals surface area contributed by atoms with Gasteiger partial charge in [-0.25, -0.2) is 13.2 Å². The number of aromatic nitrogens is 1. The number of rotatable bonds is 6. The monoisotopic (exact) mass is 386 g/mol. The van der Waals surface area contributed by atoms with Crippen LogP contribution < -0.4 is 14.9 Å². The smallest absolute Gasteiger partial charge is 0.319 e. The van der Waals surface area contributed by atoms with Crippen molar-refractivity contribution in [3.63, 3.8) is 0 Å². The predicted molar refractivity (Wildman–Crippen MR) is 101 cm³/mol. The number of furan rings is 1. The highest BCUT2D eigenvalue weighted by atomic mass is 32.2. The summed E-state index contributed by atoms with van der Waals surface area (Å²) in [7, 11) is -2.27. The third kappa shape index (κ3) is 4.45. The van der Waals surface area contributed by atoms with Crippen molar-refractivity contribution in [1.82, 2.24) is 10.3 Å². The largest absolute Gasteiger partial charge is 0.470 e. The zero-order valence-electron chi connectivity index (χ0n) is 14.5. The fourth-order valence-corrected chi connectivity index (χ4v) is 3.48. The number of nitrogens with one attached hydrogen (secondary N) is 2. The number of hydrogen-bond acceptors (Lipinski definition) is 5. The number of hydrogen-bond donors (Lipinski definition) is 2. The van der Waals surface area contributed by atoms with Gasteiger partial charge in [0.1, 0.15) is 6.26 Å². The van der Waals surface area contributed by atoms with Crippen molar-refractivity contribution in [2.45, 2.75) is 11.4 Å². The minimum atomic E-state index is -3.72. The lowest BCUT2D eigenvalue weighted by Crippen LogP contribution is -2.28. The third-order valence-corrected chi connectivity index (χ3v) is 5.62. The van der Waals surface area contributed by atoms with E-state index in [4.69, 9.17) is 4.42 Å². The van der Waals surface area contributed by atoms with Crippen LogP contribution >= 0.6 is 0 Å². The van der Waals surface area contributed by atoms with Crippen LogP contribution in [0.2, 0.25) is 0 Å². The number of carbonyl (C=O) groups excluding carboxylic acids is 1. The van der Waals surface area contributed by atoms with Crippen molar-refractivity contribution in [3.05, 3.63) is 72.9 Å². The maximum atomic E-state index is 12.6. The van der Waals surface area contributed by atoms with E-state index < -0.39 is 16.1 Å². The first kappa shape index (κ1) is 18.5. The van der Waals surface area contributed by atoms with Crippen LogP contribution in [0, 0.1) is 0 Å². The molecule has 0 fully saturated rings. The molecule has 0 radical (unpaired) electrons. The van der Waals surface area contributed by atoms with Gasteiger partial charge in [0.15, 0.2) is 0 Å². The van der Waals surface area contributed by atoms with E-state index in [-0.39, 0.29) is 4.90 Å². The molecule has 140 valence electrons. The van der Waals surface area contributed by atoms with E-state index in [1.807, 2.05) is 6.07 Å². The molecular formula is C18H18N4O4S. The topological polar surface area (TPSA) is 105 Å². The number of pyridine rings is 1. The fraction of sp³-hybridized carbons (Fsp3) is 0.111. The number of sulfonamides is 1. The van der Waals surface area contributed by atoms with Crippen molar-refractivity contribution < 1.29 is 17.6 Å². The van der Waals surface area contributed by atoms with Gasteiger partial charge >= 0.3 is 6.03 Å².